The van der Waals surface area contributed by atoms with Gasteiger partial charge in [0.15, 0.2) is 0 Å². The van der Waals surface area contributed by atoms with E-state index in [9.17, 15) is 0 Å². The topological polar surface area (TPSA) is 24.5 Å². The summed E-state index contributed by atoms with van der Waals surface area (Å²) in [5, 5.41) is 3.46. The van der Waals surface area contributed by atoms with Crippen LogP contribution in [0.15, 0.2) is 54.6 Å². The van der Waals surface area contributed by atoms with E-state index in [1.165, 1.54) is 24.0 Å². The number of piperazine rings is 1. The molecule has 1 aliphatic carbocycles. The van der Waals surface area contributed by atoms with Crippen molar-refractivity contribution < 1.29 is 4.74 Å². The third-order valence-corrected chi connectivity index (χ3v) is 4.98. The molecule has 1 atom stereocenters. The first-order valence-corrected chi connectivity index (χ1v) is 9.14. The Bertz CT molecular complexity index is 648. The fourth-order valence-corrected chi connectivity index (χ4v) is 3.49. The van der Waals surface area contributed by atoms with Crippen molar-refractivity contribution in [3.63, 3.8) is 0 Å². The van der Waals surface area contributed by atoms with Gasteiger partial charge in [-0.3, -0.25) is 4.90 Å². The van der Waals surface area contributed by atoms with Gasteiger partial charge in [-0.05, 0) is 36.5 Å². The number of ether oxygens (including phenoxy) is 1. The lowest BCUT2D eigenvalue weighted by molar-refractivity contribution is 0.171. The molecule has 24 heavy (non-hydrogen) atoms. The zero-order valence-corrected chi connectivity index (χ0v) is 14.2. The van der Waals surface area contributed by atoms with Crippen LogP contribution in [-0.4, -0.2) is 37.2 Å². The van der Waals surface area contributed by atoms with Crippen molar-refractivity contribution in [2.24, 2.45) is 0 Å². The summed E-state index contributed by atoms with van der Waals surface area (Å²) < 4.78 is 6.15. The molecule has 0 aromatic heterocycles. The van der Waals surface area contributed by atoms with E-state index < -0.39 is 0 Å². The molecule has 4 rings (SSSR count). The SMILES string of the molecule is c1ccc(C(Cc2ccccc2OC2CC2)N2CCNCC2)cc1. The number of nitrogens with one attached hydrogen (secondary N) is 1. The zero-order valence-electron chi connectivity index (χ0n) is 14.2. The van der Waals surface area contributed by atoms with Gasteiger partial charge in [-0.1, -0.05) is 48.5 Å². The predicted octanol–water partition coefficient (Wildman–Crippen LogP) is 3.42. The molecule has 1 N–H and O–H groups in total. The summed E-state index contributed by atoms with van der Waals surface area (Å²) in [5.41, 5.74) is 2.73. The van der Waals surface area contributed by atoms with Crippen molar-refractivity contribution in [2.45, 2.75) is 31.4 Å². The number of hydrogen-bond donors (Lipinski definition) is 1. The number of rotatable bonds is 6. The van der Waals surface area contributed by atoms with E-state index in [-0.39, 0.29) is 0 Å². The van der Waals surface area contributed by atoms with Gasteiger partial charge >= 0.3 is 0 Å². The first-order chi connectivity index (χ1) is 11.9. The van der Waals surface area contributed by atoms with Crippen molar-refractivity contribution >= 4 is 0 Å². The Morgan fingerprint density at radius 2 is 1.67 bits per heavy atom. The van der Waals surface area contributed by atoms with Gasteiger partial charge in [0.05, 0.1) is 6.10 Å². The smallest absolute Gasteiger partial charge is 0.122 e. The lowest BCUT2D eigenvalue weighted by atomic mass is 9.96. The Balaban J connectivity index is 1.59. The van der Waals surface area contributed by atoms with Gasteiger partial charge in [0.25, 0.3) is 0 Å². The van der Waals surface area contributed by atoms with E-state index in [2.05, 4.69) is 64.8 Å². The summed E-state index contributed by atoms with van der Waals surface area (Å²) in [6, 6.07) is 19.9. The highest BCUT2D eigenvalue weighted by molar-refractivity contribution is 5.36. The summed E-state index contributed by atoms with van der Waals surface area (Å²) in [7, 11) is 0. The minimum Gasteiger partial charge on any atom is -0.490 e. The molecular weight excluding hydrogens is 296 g/mol. The quantitative estimate of drug-likeness (QED) is 0.882. The first kappa shape index (κ1) is 15.7. The molecule has 1 heterocycles. The maximum absolute atomic E-state index is 6.15. The molecule has 2 fully saturated rings. The summed E-state index contributed by atoms with van der Waals surface area (Å²) in [4.78, 5) is 2.61. The molecular formula is C21H26N2O. The lowest BCUT2D eigenvalue weighted by Gasteiger charge is -2.35. The van der Waals surface area contributed by atoms with E-state index >= 15 is 0 Å². The fraction of sp³-hybridized carbons (Fsp3) is 0.429. The average molecular weight is 322 g/mol. The monoisotopic (exact) mass is 322 g/mol. The summed E-state index contributed by atoms with van der Waals surface area (Å²) in [6.07, 6.45) is 3.86. The van der Waals surface area contributed by atoms with Gasteiger partial charge in [0, 0.05) is 32.2 Å². The molecule has 1 unspecified atom stereocenters. The van der Waals surface area contributed by atoms with Gasteiger partial charge < -0.3 is 10.1 Å². The van der Waals surface area contributed by atoms with E-state index in [0.717, 1.165) is 38.3 Å². The molecule has 2 aromatic carbocycles. The fourth-order valence-electron chi connectivity index (χ4n) is 3.49. The standard InChI is InChI=1S/C21H26N2O/c1-2-6-17(7-3-1)20(23-14-12-22-13-15-23)16-18-8-4-5-9-21(18)24-19-10-11-19/h1-9,19-20,22H,10-16H2. The maximum Gasteiger partial charge on any atom is 0.122 e. The average Bonchev–Trinajstić information content (AvgIpc) is 3.46. The normalized spacial score (nSPS) is 19.8. The molecule has 0 radical (unpaired) electrons. The molecule has 0 amide bonds. The molecule has 2 aromatic rings. The van der Waals surface area contributed by atoms with E-state index in [1.807, 2.05) is 0 Å². The highest BCUT2D eigenvalue weighted by atomic mass is 16.5. The van der Waals surface area contributed by atoms with Crippen molar-refractivity contribution in [1.82, 2.24) is 10.2 Å². The van der Waals surface area contributed by atoms with Gasteiger partial charge in [-0.2, -0.15) is 0 Å². The van der Waals surface area contributed by atoms with Crippen molar-refractivity contribution in [3.05, 3.63) is 65.7 Å². The molecule has 0 spiro atoms. The summed E-state index contributed by atoms with van der Waals surface area (Å²) in [6.45, 7) is 4.35. The zero-order chi connectivity index (χ0) is 16.2. The Morgan fingerprint density at radius 3 is 2.42 bits per heavy atom. The molecule has 0 bridgehead atoms. The Kier molecular flexibility index (Phi) is 4.81. The van der Waals surface area contributed by atoms with E-state index in [0.29, 0.717) is 12.1 Å². The third kappa shape index (κ3) is 3.80. The van der Waals surface area contributed by atoms with E-state index in [1.54, 1.807) is 0 Å². The second-order valence-electron chi connectivity index (χ2n) is 6.84. The largest absolute Gasteiger partial charge is 0.490 e. The highest BCUT2D eigenvalue weighted by Gasteiger charge is 2.27. The van der Waals surface area contributed by atoms with Crippen molar-refractivity contribution in [1.29, 1.82) is 0 Å². The lowest BCUT2D eigenvalue weighted by Crippen LogP contribution is -2.45. The van der Waals surface area contributed by atoms with Crippen LogP contribution < -0.4 is 10.1 Å². The Labute approximate surface area is 144 Å². The molecule has 3 heteroatoms. The number of para-hydroxylation sites is 1. The minimum atomic E-state index is 0.414. The van der Waals surface area contributed by atoms with Crippen LogP contribution in [0.1, 0.15) is 30.0 Å². The van der Waals surface area contributed by atoms with Gasteiger partial charge in [0.1, 0.15) is 5.75 Å². The molecule has 1 saturated carbocycles. The maximum atomic E-state index is 6.15. The number of nitrogens with zero attached hydrogens (tertiary/aromatic N) is 1. The van der Waals surface area contributed by atoms with Crippen molar-refractivity contribution in [3.8, 4) is 5.75 Å². The molecule has 1 aliphatic heterocycles. The third-order valence-electron chi connectivity index (χ3n) is 4.98. The van der Waals surface area contributed by atoms with Crippen LogP contribution in [0.25, 0.3) is 0 Å². The number of benzene rings is 2. The summed E-state index contributed by atoms with van der Waals surface area (Å²) in [5.74, 6) is 1.08. The van der Waals surface area contributed by atoms with Crippen molar-refractivity contribution in [2.75, 3.05) is 26.2 Å². The molecule has 2 aliphatic rings. The summed E-state index contributed by atoms with van der Waals surface area (Å²) >= 11 is 0. The van der Waals surface area contributed by atoms with Crippen LogP contribution in [0.4, 0.5) is 0 Å². The second kappa shape index (κ2) is 7.37. The van der Waals surface area contributed by atoms with Gasteiger partial charge in [-0.25, -0.2) is 0 Å². The Morgan fingerprint density at radius 1 is 0.958 bits per heavy atom. The van der Waals surface area contributed by atoms with Crippen LogP contribution in [-0.2, 0) is 6.42 Å². The molecule has 126 valence electrons. The van der Waals surface area contributed by atoms with Crippen LogP contribution >= 0.6 is 0 Å². The second-order valence-corrected chi connectivity index (χ2v) is 6.84. The Hall–Kier alpha value is -1.84. The van der Waals surface area contributed by atoms with Crippen LogP contribution in [0.3, 0.4) is 0 Å². The van der Waals surface area contributed by atoms with Crippen LogP contribution in [0.5, 0.6) is 5.75 Å². The van der Waals surface area contributed by atoms with Gasteiger partial charge in [-0.15, -0.1) is 0 Å². The number of hydrogen-bond acceptors (Lipinski definition) is 3. The first-order valence-electron chi connectivity index (χ1n) is 9.14. The molecule has 3 nitrogen and oxygen atoms in total. The highest BCUT2D eigenvalue weighted by Crippen LogP contribution is 2.33. The predicted molar refractivity (Wildman–Crippen MR) is 97.4 cm³/mol. The van der Waals surface area contributed by atoms with E-state index in [4.69, 9.17) is 4.74 Å². The van der Waals surface area contributed by atoms with Crippen LogP contribution in [0, 0.1) is 0 Å². The van der Waals surface area contributed by atoms with Gasteiger partial charge in [0.2, 0.25) is 0 Å². The minimum absolute atomic E-state index is 0.414. The van der Waals surface area contributed by atoms with Crippen LogP contribution in [0.2, 0.25) is 0 Å². The molecule has 1 saturated heterocycles.